The summed E-state index contributed by atoms with van der Waals surface area (Å²) in [5, 5.41) is 2.86. The number of alkyl halides is 5. The minimum absolute atomic E-state index is 0.0191. The number of hydrogen-bond acceptors (Lipinski definition) is 6. The van der Waals surface area contributed by atoms with E-state index in [1.165, 1.54) is 35.5 Å². The topological polar surface area (TPSA) is 98.1 Å². The fourth-order valence-corrected chi connectivity index (χ4v) is 5.46. The first-order chi connectivity index (χ1) is 21.9. The van der Waals surface area contributed by atoms with Crippen molar-refractivity contribution < 1.29 is 41.0 Å². The first-order valence-electron chi connectivity index (χ1n) is 13.4. The van der Waals surface area contributed by atoms with Gasteiger partial charge in [-0.3, -0.25) is 9.69 Å². The van der Waals surface area contributed by atoms with E-state index in [-0.39, 0.29) is 39.9 Å². The van der Waals surface area contributed by atoms with Crippen LogP contribution in [0.25, 0.3) is 16.9 Å². The summed E-state index contributed by atoms with van der Waals surface area (Å²) < 4.78 is 73.1. The SMILES string of the molecule is Cc1ccc(COCC(F)F)c(N2C(=O)CSC2=NC(=O)Nc2ccc(-n3cnc(-c4ccc(OC(F)(F)F)cc4)c3)cc2Cl)c1. The third-order valence-electron chi connectivity index (χ3n) is 6.40. The van der Waals surface area contributed by atoms with E-state index < -0.39 is 25.4 Å². The summed E-state index contributed by atoms with van der Waals surface area (Å²) in [6.07, 6.45) is -4.30. The molecule has 1 saturated heterocycles. The van der Waals surface area contributed by atoms with Gasteiger partial charge in [-0.2, -0.15) is 4.99 Å². The number of amides is 3. The number of aromatic nitrogens is 2. The van der Waals surface area contributed by atoms with E-state index in [2.05, 4.69) is 20.0 Å². The summed E-state index contributed by atoms with van der Waals surface area (Å²) in [4.78, 5) is 35.4. The minimum Gasteiger partial charge on any atom is -0.406 e. The van der Waals surface area contributed by atoms with E-state index >= 15 is 0 Å². The third kappa shape index (κ3) is 8.21. The van der Waals surface area contributed by atoms with Crippen LogP contribution >= 0.6 is 23.4 Å². The minimum atomic E-state index is -4.79. The molecule has 1 aliphatic rings. The lowest BCUT2D eigenvalue weighted by Gasteiger charge is -2.20. The number of ether oxygens (including phenoxy) is 2. The van der Waals surface area contributed by atoms with E-state index in [1.54, 1.807) is 54.1 Å². The summed E-state index contributed by atoms with van der Waals surface area (Å²) in [6, 6.07) is 14.3. The Morgan fingerprint density at radius 3 is 2.59 bits per heavy atom. The van der Waals surface area contributed by atoms with Gasteiger partial charge in [-0.25, -0.2) is 18.6 Å². The second kappa shape index (κ2) is 13.9. The molecule has 0 spiro atoms. The number of aliphatic imine (C=N–C) groups is 1. The van der Waals surface area contributed by atoms with Gasteiger partial charge in [0.1, 0.15) is 12.4 Å². The molecule has 46 heavy (non-hydrogen) atoms. The first-order valence-corrected chi connectivity index (χ1v) is 14.7. The lowest BCUT2D eigenvalue weighted by Crippen LogP contribution is -2.31. The molecule has 5 rings (SSSR count). The van der Waals surface area contributed by atoms with Crippen LogP contribution in [0.15, 0.2) is 78.2 Å². The van der Waals surface area contributed by atoms with Crippen molar-refractivity contribution in [3.05, 3.63) is 89.3 Å². The van der Waals surface area contributed by atoms with Crippen molar-refractivity contribution in [3.8, 4) is 22.7 Å². The number of anilines is 2. The highest BCUT2D eigenvalue weighted by Crippen LogP contribution is 2.32. The van der Waals surface area contributed by atoms with Gasteiger partial charge in [0.2, 0.25) is 5.91 Å². The normalized spacial score (nSPS) is 14.4. The van der Waals surface area contributed by atoms with Crippen LogP contribution in [0.4, 0.5) is 38.1 Å². The molecule has 9 nitrogen and oxygen atoms in total. The Hall–Kier alpha value is -4.47. The summed E-state index contributed by atoms with van der Waals surface area (Å²) in [6.45, 7) is 0.867. The Bertz CT molecular complexity index is 1780. The highest BCUT2D eigenvalue weighted by molar-refractivity contribution is 8.15. The van der Waals surface area contributed by atoms with Gasteiger partial charge >= 0.3 is 12.4 Å². The van der Waals surface area contributed by atoms with E-state index in [9.17, 15) is 31.5 Å². The fraction of sp³-hybridized carbons (Fsp3) is 0.200. The monoisotopic (exact) mass is 679 g/mol. The van der Waals surface area contributed by atoms with Crippen LogP contribution in [0.2, 0.25) is 5.02 Å². The summed E-state index contributed by atoms with van der Waals surface area (Å²) >= 11 is 7.50. The van der Waals surface area contributed by atoms with Crippen molar-refractivity contribution in [1.82, 2.24) is 9.55 Å². The number of benzene rings is 3. The quantitative estimate of drug-likeness (QED) is 0.181. The van der Waals surface area contributed by atoms with Gasteiger partial charge in [-0.15, -0.1) is 13.2 Å². The van der Waals surface area contributed by atoms with Crippen LogP contribution in [0.5, 0.6) is 5.75 Å². The zero-order valence-corrected chi connectivity index (χ0v) is 25.3. The van der Waals surface area contributed by atoms with Crippen LogP contribution < -0.4 is 15.0 Å². The molecule has 16 heteroatoms. The molecular formula is C30H23ClF5N5O4S. The van der Waals surface area contributed by atoms with E-state index in [4.69, 9.17) is 16.3 Å². The number of amidine groups is 1. The van der Waals surface area contributed by atoms with Crippen molar-refractivity contribution in [3.63, 3.8) is 0 Å². The van der Waals surface area contributed by atoms with Crippen LogP contribution in [0, 0.1) is 6.92 Å². The molecule has 0 saturated carbocycles. The van der Waals surface area contributed by atoms with Gasteiger partial charge in [0, 0.05) is 23.0 Å². The predicted molar refractivity (Wildman–Crippen MR) is 164 cm³/mol. The van der Waals surface area contributed by atoms with Gasteiger partial charge in [0.05, 0.1) is 40.8 Å². The van der Waals surface area contributed by atoms with Gasteiger partial charge in [-0.1, -0.05) is 35.5 Å². The number of carbonyl (C=O) groups excluding carboxylic acids is 2. The van der Waals surface area contributed by atoms with Gasteiger partial charge in [0.15, 0.2) is 5.17 Å². The molecular weight excluding hydrogens is 657 g/mol. The number of carbonyl (C=O) groups is 2. The van der Waals surface area contributed by atoms with Crippen LogP contribution in [-0.4, -0.2) is 51.8 Å². The number of urea groups is 1. The maximum Gasteiger partial charge on any atom is 0.573 e. The average molecular weight is 680 g/mol. The van der Waals surface area contributed by atoms with Crippen molar-refractivity contribution in [1.29, 1.82) is 0 Å². The molecule has 0 aliphatic carbocycles. The van der Waals surface area contributed by atoms with Gasteiger partial charge in [0.25, 0.3) is 6.43 Å². The second-order valence-corrected chi connectivity index (χ2v) is 11.1. The highest BCUT2D eigenvalue weighted by atomic mass is 35.5. The molecule has 0 unspecified atom stereocenters. The van der Waals surface area contributed by atoms with Crippen molar-refractivity contribution in [2.45, 2.75) is 26.3 Å². The lowest BCUT2D eigenvalue weighted by molar-refractivity contribution is -0.274. The van der Waals surface area contributed by atoms with Gasteiger partial charge in [-0.05, 0) is 61.0 Å². The Kier molecular flexibility index (Phi) is 9.94. The molecule has 3 amide bonds. The predicted octanol–water partition coefficient (Wildman–Crippen LogP) is 7.85. The molecule has 1 aromatic heterocycles. The summed E-state index contributed by atoms with van der Waals surface area (Å²) in [5.41, 5.74) is 3.50. The Morgan fingerprint density at radius 1 is 1.13 bits per heavy atom. The number of thioether (sulfide) groups is 1. The lowest BCUT2D eigenvalue weighted by atomic mass is 10.1. The smallest absolute Gasteiger partial charge is 0.406 e. The third-order valence-corrected chi connectivity index (χ3v) is 7.64. The fourth-order valence-electron chi connectivity index (χ4n) is 4.38. The molecule has 0 radical (unpaired) electrons. The molecule has 240 valence electrons. The first kappa shape index (κ1) is 32.9. The molecule has 0 atom stereocenters. The molecule has 2 heterocycles. The number of aryl methyl sites for hydroxylation is 1. The zero-order chi connectivity index (χ0) is 33.0. The largest absolute Gasteiger partial charge is 0.573 e. The summed E-state index contributed by atoms with van der Waals surface area (Å²) in [5.74, 6) is -0.677. The molecule has 1 N–H and O–H groups in total. The zero-order valence-electron chi connectivity index (χ0n) is 23.7. The number of imidazole rings is 1. The van der Waals surface area contributed by atoms with Crippen molar-refractivity contribution >= 4 is 51.8 Å². The number of nitrogens with one attached hydrogen (secondary N) is 1. The maximum atomic E-state index is 12.9. The van der Waals surface area contributed by atoms with Crippen LogP contribution in [0.3, 0.4) is 0 Å². The second-order valence-electron chi connectivity index (χ2n) is 9.78. The van der Waals surface area contributed by atoms with Crippen LogP contribution in [-0.2, 0) is 16.1 Å². The highest BCUT2D eigenvalue weighted by Gasteiger charge is 2.33. The van der Waals surface area contributed by atoms with Crippen LogP contribution in [0.1, 0.15) is 11.1 Å². The Balaban J connectivity index is 1.29. The van der Waals surface area contributed by atoms with Crippen molar-refractivity contribution in [2.75, 3.05) is 22.6 Å². The molecule has 4 aromatic rings. The molecule has 1 fully saturated rings. The Morgan fingerprint density at radius 2 is 1.89 bits per heavy atom. The number of nitrogens with zero attached hydrogens (tertiary/aromatic N) is 4. The standard InChI is InChI=1S/C30H23ClF5N5O4S/c1-17-2-3-19(13-44-14-26(32)33)25(10-17)41-27(42)15-46-29(41)39-28(43)38-23-9-6-20(11-22(23)31)40-12-24(37-16-40)18-4-7-21(8-5-18)45-30(34,35)36/h2-12,16,26H,13-15H2,1H3,(H,38,43). The number of halogens is 6. The Labute approximate surface area is 268 Å². The summed E-state index contributed by atoms with van der Waals surface area (Å²) in [7, 11) is 0. The average Bonchev–Trinajstić information content (AvgIpc) is 3.61. The van der Waals surface area contributed by atoms with E-state index in [0.29, 0.717) is 28.2 Å². The van der Waals surface area contributed by atoms with E-state index in [0.717, 1.165) is 17.3 Å². The van der Waals surface area contributed by atoms with Crippen molar-refractivity contribution in [2.24, 2.45) is 4.99 Å². The molecule has 3 aromatic carbocycles. The molecule has 0 bridgehead atoms. The molecule has 1 aliphatic heterocycles. The number of rotatable bonds is 9. The van der Waals surface area contributed by atoms with Gasteiger partial charge < -0.3 is 19.4 Å². The number of hydrogen-bond donors (Lipinski definition) is 1. The maximum absolute atomic E-state index is 12.9. The van der Waals surface area contributed by atoms with E-state index in [1.807, 2.05) is 0 Å².